The normalized spacial score (nSPS) is 22.7. The second-order valence-corrected chi connectivity index (χ2v) is 4.65. The molecule has 0 radical (unpaired) electrons. The number of carbonyl (C=O) groups is 1. The SMILES string of the molecule is O=C(O)C1(c2cccc(Cl)c2Cl)C=CC=CC1. The third-order valence-electron chi connectivity index (χ3n) is 2.88. The summed E-state index contributed by atoms with van der Waals surface area (Å²) in [6, 6.07) is 5.05. The zero-order valence-corrected chi connectivity index (χ0v) is 10.4. The smallest absolute Gasteiger partial charge is 0.318 e. The van der Waals surface area contributed by atoms with Crippen LogP contribution in [0.4, 0.5) is 0 Å². The van der Waals surface area contributed by atoms with Crippen molar-refractivity contribution >= 4 is 29.2 Å². The first-order chi connectivity index (χ1) is 8.08. The second-order valence-electron chi connectivity index (χ2n) is 3.87. The molecule has 0 saturated carbocycles. The van der Waals surface area contributed by atoms with Crippen molar-refractivity contribution in [3.05, 3.63) is 58.1 Å². The highest BCUT2D eigenvalue weighted by atomic mass is 35.5. The van der Waals surface area contributed by atoms with Crippen molar-refractivity contribution in [3.63, 3.8) is 0 Å². The molecule has 1 aromatic carbocycles. The van der Waals surface area contributed by atoms with Crippen LogP contribution in [0.5, 0.6) is 0 Å². The molecular formula is C13H10Cl2O2. The molecule has 1 aliphatic carbocycles. The van der Waals surface area contributed by atoms with Crippen LogP contribution in [0.3, 0.4) is 0 Å². The maximum atomic E-state index is 11.6. The van der Waals surface area contributed by atoms with Gasteiger partial charge in [0, 0.05) is 0 Å². The molecule has 4 heteroatoms. The summed E-state index contributed by atoms with van der Waals surface area (Å²) in [5.41, 5.74) is -0.587. The maximum absolute atomic E-state index is 11.6. The van der Waals surface area contributed by atoms with Crippen molar-refractivity contribution < 1.29 is 9.90 Å². The van der Waals surface area contributed by atoms with Crippen LogP contribution in [-0.4, -0.2) is 11.1 Å². The van der Waals surface area contributed by atoms with Crippen molar-refractivity contribution in [2.45, 2.75) is 11.8 Å². The van der Waals surface area contributed by atoms with Gasteiger partial charge in [-0.15, -0.1) is 0 Å². The fourth-order valence-electron chi connectivity index (χ4n) is 1.94. The van der Waals surface area contributed by atoms with Crippen LogP contribution in [0.1, 0.15) is 12.0 Å². The molecule has 0 heterocycles. The van der Waals surface area contributed by atoms with Gasteiger partial charge in [0.25, 0.3) is 0 Å². The average molecular weight is 269 g/mol. The summed E-state index contributed by atoms with van der Waals surface area (Å²) < 4.78 is 0. The number of carboxylic acid groups (broad SMARTS) is 1. The van der Waals surface area contributed by atoms with Gasteiger partial charge in [-0.05, 0) is 18.1 Å². The molecule has 0 amide bonds. The van der Waals surface area contributed by atoms with Crippen LogP contribution in [0, 0.1) is 0 Å². The van der Waals surface area contributed by atoms with Crippen LogP contribution < -0.4 is 0 Å². The Bertz CT molecular complexity index is 520. The molecule has 1 N–H and O–H groups in total. The predicted octanol–water partition coefficient (Wildman–Crippen LogP) is 3.83. The number of allylic oxidation sites excluding steroid dienone is 3. The third-order valence-corrected chi connectivity index (χ3v) is 3.70. The molecule has 88 valence electrons. The molecule has 1 atom stereocenters. The van der Waals surface area contributed by atoms with Gasteiger partial charge in [-0.1, -0.05) is 59.6 Å². The number of carboxylic acids is 1. The second kappa shape index (κ2) is 4.55. The van der Waals surface area contributed by atoms with E-state index < -0.39 is 11.4 Å². The summed E-state index contributed by atoms with van der Waals surface area (Å²) in [6.07, 6.45) is 7.37. The quantitative estimate of drug-likeness (QED) is 0.885. The summed E-state index contributed by atoms with van der Waals surface area (Å²) in [5.74, 6) is -0.928. The Kier molecular flexibility index (Phi) is 3.27. The van der Waals surface area contributed by atoms with E-state index in [1.165, 1.54) is 0 Å². The fraction of sp³-hybridized carbons (Fsp3) is 0.154. The van der Waals surface area contributed by atoms with Crippen LogP contribution in [0.2, 0.25) is 10.0 Å². The van der Waals surface area contributed by atoms with Crippen molar-refractivity contribution in [3.8, 4) is 0 Å². The lowest BCUT2D eigenvalue weighted by atomic mass is 9.75. The standard InChI is InChI=1S/C13H10Cl2O2/c14-10-6-4-5-9(11(10)15)13(12(16)17)7-2-1-3-8-13/h1-7H,8H2,(H,16,17). The van der Waals surface area contributed by atoms with Crippen LogP contribution in [0.15, 0.2) is 42.5 Å². The first-order valence-corrected chi connectivity index (χ1v) is 5.86. The van der Waals surface area contributed by atoms with E-state index in [4.69, 9.17) is 23.2 Å². The minimum Gasteiger partial charge on any atom is -0.480 e. The molecule has 0 aliphatic heterocycles. The Morgan fingerprint density at radius 1 is 1.29 bits per heavy atom. The van der Waals surface area contributed by atoms with E-state index in [2.05, 4.69) is 0 Å². The third kappa shape index (κ3) is 1.99. The van der Waals surface area contributed by atoms with Crippen molar-refractivity contribution in [1.29, 1.82) is 0 Å². The van der Waals surface area contributed by atoms with E-state index in [-0.39, 0.29) is 0 Å². The minimum absolute atomic E-state index is 0.302. The number of benzene rings is 1. The Balaban J connectivity index is 2.62. The fourth-order valence-corrected chi connectivity index (χ4v) is 2.41. The topological polar surface area (TPSA) is 37.3 Å². The lowest BCUT2D eigenvalue weighted by molar-refractivity contribution is -0.141. The van der Waals surface area contributed by atoms with Crippen molar-refractivity contribution in [1.82, 2.24) is 0 Å². The zero-order valence-electron chi connectivity index (χ0n) is 8.86. The van der Waals surface area contributed by atoms with E-state index in [9.17, 15) is 9.90 Å². The molecule has 0 spiro atoms. The maximum Gasteiger partial charge on any atom is 0.318 e. The van der Waals surface area contributed by atoms with Crippen LogP contribution in [0.25, 0.3) is 0 Å². The largest absolute Gasteiger partial charge is 0.480 e. The molecule has 1 aliphatic rings. The van der Waals surface area contributed by atoms with Gasteiger partial charge in [-0.25, -0.2) is 0 Å². The Labute approximate surface area is 109 Å². The first-order valence-electron chi connectivity index (χ1n) is 5.10. The number of rotatable bonds is 2. The Morgan fingerprint density at radius 3 is 2.65 bits per heavy atom. The van der Waals surface area contributed by atoms with Gasteiger partial charge in [-0.3, -0.25) is 4.79 Å². The van der Waals surface area contributed by atoms with Gasteiger partial charge in [0.2, 0.25) is 0 Å². The lowest BCUT2D eigenvalue weighted by Crippen LogP contribution is -2.34. The molecule has 2 nitrogen and oxygen atoms in total. The molecule has 1 unspecified atom stereocenters. The zero-order chi connectivity index (χ0) is 12.5. The van der Waals surface area contributed by atoms with Crippen LogP contribution >= 0.6 is 23.2 Å². The van der Waals surface area contributed by atoms with Gasteiger partial charge < -0.3 is 5.11 Å². The molecule has 1 aromatic rings. The molecule has 0 bridgehead atoms. The molecule has 0 fully saturated rings. The average Bonchev–Trinajstić information content (AvgIpc) is 2.33. The van der Waals surface area contributed by atoms with Crippen LogP contribution in [-0.2, 0) is 10.2 Å². The number of hydrogen-bond donors (Lipinski definition) is 1. The number of aliphatic carboxylic acids is 1. The highest BCUT2D eigenvalue weighted by Gasteiger charge is 2.39. The highest BCUT2D eigenvalue weighted by Crippen LogP contribution is 2.39. The molecule has 0 aromatic heterocycles. The highest BCUT2D eigenvalue weighted by molar-refractivity contribution is 6.42. The van der Waals surface area contributed by atoms with E-state index in [1.54, 1.807) is 30.4 Å². The minimum atomic E-state index is -1.11. The predicted molar refractivity (Wildman–Crippen MR) is 68.7 cm³/mol. The van der Waals surface area contributed by atoms with Crippen molar-refractivity contribution in [2.24, 2.45) is 0 Å². The number of hydrogen-bond acceptors (Lipinski definition) is 1. The Morgan fingerprint density at radius 2 is 2.06 bits per heavy atom. The van der Waals surface area contributed by atoms with E-state index >= 15 is 0 Å². The molecule has 17 heavy (non-hydrogen) atoms. The van der Waals surface area contributed by atoms with Gasteiger partial charge in [-0.2, -0.15) is 0 Å². The lowest BCUT2D eigenvalue weighted by Gasteiger charge is -2.28. The van der Waals surface area contributed by atoms with E-state index in [0.29, 0.717) is 22.0 Å². The summed E-state index contributed by atoms with van der Waals surface area (Å²) in [5, 5.41) is 10.1. The van der Waals surface area contributed by atoms with Gasteiger partial charge >= 0.3 is 5.97 Å². The van der Waals surface area contributed by atoms with Gasteiger partial charge in [0.05, 0.1) is 10.0 Å². The molecule has 2 rings (SSSR count). The summed E-state index contributed by atoms with van der Waals surface area (Å²) in [7, 11) is 0. The summed E-state index contributed by atoms with van der Waals surface area (Å²) in [4.78, 5) is 11.6. The summed E-state index contributed by atoms with van der Waals surface area (Å²) >= 11 is 12.0. The van der Waals surface area contributed by atoms with Gasteiger partial charge in [0.1, 0.15) is 5.41 Å². The van der Waals surface area contributed by atoms with Crippen molar-refractivity contribution in [2.75, 3.05) is 0 Å². The monoisotopic (exact) mass is 268 g/mol. The molecular weight excluding hydrogens is 259 g/mol. The molecule has 0 saturated heterocycles. The first kappa shape index (κ1) is 12.2. The van der Waals surface area contributed by atoms with Gasteiger partial charge in [0.15, 0.2) is 0 Å². The Hall–Kier alpha value is -1.25. The van der Waals surface area contributed by atoms with E-state index in [0.717, 1.165) is 0 Å². The van der Waals surface area contributed by atoms with E-state index in [1.807, 2.05) is 12.2 Å². The number of halogens is 2. The summed E-state index contributed by atoms with van der Waals surface area (Å²) in [6.45, 7) is 0.